The zero-order valence-electron chi connectivity index (χ0n) is 11.0. The van der Waals surface area contributed by atoms with Gasteiger partial charge >= 0.3 is 6.36 Å². The Balaban J connectivity index is 2.19. The Labute approximate surface area is 114 Å². The number of hydrogen-bond acceptors (Lipinski definition) is 3. The van der Waals surface area contributed by atoms with Crippen LogP contribution in [0.15, 0.2) is 34.7 Å². The number of rotatable bonds is 3. The minimum Gasteiger partial charge on any atom is -0.466 e. The van der Waals surface area contributed by atoms with Gasteiger partial charge in [-0.2, -0.15) is 0 Å². The summed E-state index contributed by atoms with van der Waals surface area (Å²) in [5.41, 5.74) is 7.58. The van der Waals surface area contributed by atoms with E-state index in [4.69, 9.17) is 10.2 Å². The molecule has 0 bridgehead atoms. The highest BCUT2D eigenvalue weighted by molar-refractivity contribution is 5.36. The molecule has 1 aromatic carbocycles. The predicted molar refractivity (Wildman–Crippen MR) is 67.3 cm³/mol. The molecule has 0 saturated carbocycles. The predicted octanol–water partition coefficient (Wildman–Crippen LogP) is 3.84. The zero-order valence-corrected chi connectivity index (χ0v) is 11.0. The van der Waals surface area contributed by atoms with Crippen LogP contribution in [-0.4, -0.2) is 6.36 Å². The summed E-state index contributed by atoms with van der Waals surface area (Å²) in [6.07, 6.45) is -4.69. The molecule has 0 fully saturated rings. The molecule has 0 amide bonds. The highest BCUT2D eigenvalue weighted by atomic mass is 19.4. The van der Waals surface area contributed by atoms with Gasteiger partial charge in [-0.1, -0.05) is 12.1 Å². The number of nitrogens with two attached hydrogens (primary N) is 1. The van der Waals surface area contributed by atoms with E-state index in [1.807, 2.05) is 13.0 Å². The quantitative estimate of drug-likeness (QED) is 0.932. The number of halogens is 3. The second-order valence-electron chi connectivity index (χ2n) is 4.46. The summed E-state index contributed by atoms with van der Waals surface area (Å²) in [6.45, 7) is 3.60. The van der Waals surface area contributed by atoms with Crippen molar-refractivity contribution in [3.05, 3.63) is 53.0 Å². The van der Waals surface area contributed by atoms with Crippen LogP contribution in [0.3, 0.4) is 0 Å². The first kappa shape index (κ1) is 14.5. The molecule has 2 N–H and O–H groups in total. The van der Waals surface area contributed by atoms with Crippen molar-refractivity contribution in [1.29, 1.82) is 0 Å². The summed E-state index contributed by atoms with van der Waals surface area (Å²) in [7, 11) is 0. The molecule has 1 atom stereocenters. The molecular formula is C14H14F3NO2. The van der Waals surface area contributed by atoms with Crippen molar-refractivity contribution in [1.82, 2.24) is 0 Å². The van der Waals surface area contributed by atoms with Crippen molar-refractivity contribution < 1.29 is 22.3 Å². The number of benzene rings is 1. The maximum Gasteiger partial charge on any atom is 0.573 e. The normalized spacial score (nSPS) is 13.3. The highest BCUT2D eigenvalue weighted by Gasteiger charge is 2.31. The number of furan rings is 1. The summed E-state index contributed by atoms with van der Waals surface area (Å²) < 4.78 is 45.4. The summed E-state index contributed by atoms with van der Waals surface area (Å²) in [5, 5.41) is 0. The van der Waals surface area contributed by atoms with E-state index in [1.165, 1.54) is 24.3 Å². The first-order valence-corrected chi connectivity index (χ1v) is 5.94. The van der Waals surface area contributed by atoms with Crippen LogP contribution in [0.5, 0.6) is 5.75 Å². The first-order valence-electron chi connectivity index (χ1n) is 5.94. The van der Waals surface area contributed by atoms with E-state index < -0.39 is 12.4 Å². The zero-order chi connectivity index (χ0) is 14.9. The topological polar surface area (TPSA) is 48.4 Å². The Morgan fingerprint density at radius 1 is 1.15 bits per heavy atom. The third-order valence-corrected chi connectivity index (χ3v) is 2.89. The number of alkyl halides is 3. The van der Waals surface area contributed by atoms with E-state index in [-0.39, 0.29) is 5.75 Å². The molecule has 2 aromatic rings. The fourth-order valence-corrected chi connectivity index (χ4v) is 2.02. The lowest BCUT2D eigenvalue weighted by Gasteiger charge is -2.13. The van der Waals surface area contributed by atoms with E-state index in [2.05, 4.69) is 4.74 Å². The van der Waals surface area contributed by atoms with E-state index >= 15 is 0 Å². The van der Waals surface area contributed by atoms with Gasteiger partial charge < -0.3 is 14.9 Å². The SMILES string of the molecule is Cc1cc(C(N)c2ccc(OC(F)(F)F)cc2)c(C)o1. The Hall–Kier alpha value is -1.95. The monoisotopic (exact) mass is 285 g/mol. The molecule has 1 aromatic heterocycles. The summed E-state index contributed by atoms with van der Waals surface area (Å²) in [4.78, 5) is 0. The van der Waals surface area contributed by atoms with Gasteiger partial charge in [0.1, 0.15) is 17.3 Å². The molecule has 1 unspecified atom stereocenters. The molecule has 20 heavy (non-hydrogen) atoms. The fraction of sp³-hybridized carbons (Fsp3) is 0.286. The average Bonchev–Trinajstić information content (AvgIpc) is 2.66. The molecular weight excluding hydrogens is 271 g/mol. The fourth-order valence-electron chi connectivity index (χ4n) is 2.02. The van der Waals surface area contributed by atoms with Gasteiger partial charge in [0.2, 0.25) is 0 Å². The summed E-state index contributed by atoms with van der Waals surface area (Å²) in [6, 6.07) is 6.87. The van der Waals surface area contributed by atoms with Gasteiger partial charge in [0.05, 0.1) is 6.04 Å². The van der Waals surface area contributed by atoms with Crippen LogP contribution >= 0.6 is 0 Å². The van der Waals surface area contributed by atoms with Crippen LogP contribution in [0.4, 0.5) is 13.2 Å². The van der Waals surface area contributed by atoms with Crippen LogP contribution < -0.4 is 10.5 Å². The first-order chi connectivity index (χ1) is 9.26. The maximum atomic E-state index is 12.1. The van der Waals surface area contributed by atoms with E-state index in [0.717, 1.165) is 11.3 Å². The van der Waals surface area contributed by atoms with Crippen LogP contribution in [0.25, 0.3) is 0 Å². The van der Waals surface area contributed by atoms with Crippen LogP contribution in [0.2, 0.25) is 0 Å². The number of aryl methyl sites for hydroxylation is 2. The second-order valence-corrected chi connectivity index (χ2v) is 4.46. The largest absolute Gasteiger partial charge is 0.573 e. The van der Waals surface area contributed by atoms with Crippen molar-refractivity contribution >= 4 is 0 Å². The lowest BCUT2D eigenvalue weighted by Crippen LogP contribution is -2.17. The van der Waals surface area contributed by atoms with E-state index in [9.17, 15) is 13.2 Å². The van der Waals surface area contributed by atoms with Crippen LogP contribution in [-0.2, 0) is 0 Å². The average molecular weight is 285 g/mol. The third kappa shape index (κ3) is 3.33. The summed E-state index contributed by atoms with van der Waals surface area (Å²) >= 11 is 0. The minimum atomic E-state index is -4.69. The summed E-state index contributed by atoms with van der Waals surface area (Å²) in [5.74, 6) is 1.17. The lowest BCUT2D eigenvalue weighted by molar-refractivity contribution is -0.274. The van der Waals surface area contributed by atoms with Gasteiger partial charge in [0, 0.05) is 5.56 Å². The van der Waals surface area contributed by atoms with Gasteiger partial charge in [-0.3, -0.25) is 0 Å². The number of hydrogen-bond donors (Lipinski definition) is 1. The Kier molecular flexibility index (Phi) is 3.76. The molecule has 0 aliphatic carbocycles. The molecule has 3 nitrogen and oxygen atoms in total. The molecule has 2 rings (SSSR count). The van der Waals surface area contributed by atoms with Gasteiger partial charge in [-0.05, 0) is 37.6 Å². The lowest BCUT2D eigenvalue weighted by atomic mass is 10.00. The second kappa shape index (κ2) is 5.20. The van der Waals surface area contributed by atoms with Gasteiger partial charge in [-0.15, -0.1) is 13.2 Å². The smallest absolute Gasteiger partial charge is 0.466 e. The highest BCUT2D eigenvalue weighted by Crippen LogP contribution is 2.28. The van der Waals surface area contributed by atoms with Crippen LogP contribution in [0.1, 0.15) is 28.7 Å². The van der Waals surface area contributed by atoms with Crippen molar-refractivity contribution in [2.75, 3.05) is 0 Å². The standard InChI is InChI=1S/C14H14F3NO2/c1-8-7-12(9(2)19-8)13(18)10-3-5-11(6-4-10)20-14(15,16)17/h3-7,13H,18H2,1-2H3. The molecule has 0 radical (unpaired) electrons. The molecule has 1 heterocycles. The van der Waals surface area contributed by atoms with Crippen molar-refractivity contribution in [3.63, 3.8) is 0 Å². The van der Waals surface area contributed by atoms with Gasteiger partial charge in [0.15, 0.2) is 0 Å². The molecule has 0 aliphatic rings. The molecule has 0 saturated heterocycles. The van der Waals surface area contributed by atoms with E-state index in [1.54, 1.807) is 6.92 Å². The van der Waals surface area contributed by atoms with Crippen LogP contribution in [0, 0.1) is 13.8 Å². The Morgan fingerprint density at radius 2 is 1.75 bits per heavy atom. The Bertz CT molecular complexity index is 587. The third-order valence-electron chi connectivity index (χ3n) is 2.89. The van der Waals surface area contributed by atoms with Gasteiger partial charge in [-0.25, -0.2) is 0 Å². The van der Waals surface area contributed by atoms with Gasteiger partial charge in [0.25, 0.3) is 0 Å². The maximum absolute atomic E-state index is 12.1. The van der Waals surface area contributed by atoms with Crippen molar-refractivity contribution in [2.24, 2.45) is 5.73 Å². The van der Waals surface area contributed by atoms with Crippen molar-refractivity contribution in [2.45, 2.75) is 26.3 Å². The molecule has 0 spiro atoms. The van der Waals surface area contributed by atoms with E-state index in [0.29, 0.717) is 11.3 Å². The van der Waals surface area contributed by atoms with Crippen molar-refractivity contribution in [3.8, 4) is 5.75 Å². The molecule has 108 valence electrons. The molecule has 6 heteroatoms. The molecule has 0 aliphatic heterocycles. The minimum absolute atomic E-state index is 0.270. The number of ether oxygens (including phenoxy) is 1. The Morgan fingerprint density at radius 3 is 2.20 bits per heavy atom.